The quantitative estimate of drug-likeness (QED) is 0.532. The van der Waals surface area contributed by atoms with E-state index in [1.54, 1.807) is 11.9 Å². The van der Waals surface area contributed by atoms with Gasteiger partial charge in [-0.2, -0.15) is 0 Å². The summed E-state index contributed by atoms with van der Waals surface area (Å²) in [7, 11) is 1.74. The molecular formula is C14H21N3O2. The summed E-state index contributed by atoms with van der Waals surface area (Å²) in [6.45, 7) is 2.60. The Kier molecular flexibility index (Phi) is 4.39. The van der Waals surface area contributed by atoms with Crippen molar-refractivity contribution in [3.05, 3.63) is 24.3 Å². The van der Waals surface area contributed by atoms with Gasteiger partial charge in [0.15, 0.2) is 0 Å². The first-order chi connectivity index (χ1) is 9.06. The molecule has 0 saturated carbocycles. The Balaban J connectivity index is 1.84. The Hall–Kier alpha value is -1.59. The van der Waals surface area contributed by atoms with Crippen molar-refractivity contribution < 1.29 is 9.90 Å². The highest BCUT2D eigenvalue weighted by molar-refractivity contribution is 5.90. The van der Waals surface area contributed by atoms with Crippen LogP contribution >= 0.6 is 0 Å². The molecule has 1 heterocycles. The predicted octanol–water partition coefficient (Wildman–Crippen LogP) is 1.15. The lowest BCUT2D eigenvalue weighted by Gasteiger charge is -2.17. The minimum atomic E-state index is -0.529. The van der Waals surface area contributed by atoms with Crippen LogP contribution in [0.25, 0.3) is 0 Å². The second-order valence-electron chi connectivity index (χ2n) is 4.97. The van der Waals surface area contributed by atoms with Crippen LogP contribution in [0.5, 0.6) is 0 Å². The SMILES string of the molecule is CC(=O)N(C)c1ccc(NC(O)CCC2CN2)cc1. The van der Waals surface area contributed by atoms with Crippen molar-refractivity contribution in [3.63, 3.8) is 0 Å². The number of anilines is 2. The summed E-state index contributed by atoms with van der Waals surface area (Å²) in [6, 6.07) is 8.04. The van der Waals surface area contributed by atoms with Crippen LogP contribution in [-0.2, 0) is 4.79 Å². The molecule has 1 aliphatic rings. The maximum Gasteiger partial charge on any atom is 0.223 e. The van der Waals surface area contributed by atoms with Crippen LogP contribution in [-0.4, -0.2) is 36.9 Å². The fourth-order valence-corrected chi connectivity index (χ4v) is 1.87. The molecule has 0 radical (unpaired) electrons. The van der Waals surface area contributed by atoms with Gasteiger partial charge in [-0.25, -0.2) is 0 Å². The van der Waals surface area contributed by atoms with Gasteiger partial charge in [0.05, 0.1) is 0 Å². The summed E-state index contributed by atoms with van der Waals surface area (Å²) >= 11 is 0. The van der Waals surface area contributed by atoms with Gasteiger partial charge in [-0.1, -0.05) is 0 Å². The van der Waals surface area contributed by atoms with E-state index in [-0.39, 0.29) is 5.91 Å². The number of carbonyl (C=O) groups is 1. The zero-order chi connectivity index (χ0) is 13.8. The zero-order valence-corrected chi connectivity index (χ0v) is 11.4. The fraction of sp³-hybridized carbons (Fsp3) is 0.500. The van der Waals surface area contributed by atoms with Crippen LogP contribution in [0.15, 0.2) is 24.3 Å². The molecule has 2 atom stereocenters. The molecule has 1 saturated heterocycles. The van der Waals surface area contributed by atoms with Crippen molar-refractivity contribution in [1.82, 2.24) is 5.32 Å². The van der Waals surface area contributed by atoms with Gasteiger partial charge >= 0.3 is 0 Å². The van der Waals surface area contributed by atoms with Crippen LogP contribution in [0.4, 0.5) is 11.4 Å². The van der Waals surface area contributed by atoms with E-state index in [0.717, 1.165) is 30.8 Å². The number of benzene rings is 1. The Morgan fingerprint density at radius 2 is 2.16 bits per heavy atom. The largest absolute Gasteiger partial charge is 0.374 e. The molecule has 1 fully saturated rings. The first-order valence-electron chi connectivity index (χ1n) is 6.58. The first-order valence-corrected chi connectivity index (χ1v) is 6.58. The van der Waals surface area contributed by atoms with Crippen LogP contribution in [0.3, 0.4) is 0 Å². The second kappa shape index (κ2) is 6.04. The van der Waals surface area contributed by atoms with Gasteiger partial charge in [-0.15, -0.1) is 0 Å². The Morgan fingerprint density at radius 3 is 2.68 bits per heavy atom. The number of nitrogens with one attached hydrogen (secondary N) is 2. The average Bonchev–Trinajstić information content (AvgIpc) is 3.20. The lowest BCUT2D eigenvalue weighted by atomic mass is 10.2. The van der Waals surface area contributed by atoms with E-state index < -0.39 is 6.23 Å². The van der Waals surface area contributed by atoms with Gasteiger partial charge in [0.2, 0.25) is 5.91 Å². The van der Waals surface area contributed by atoms with Crippen molar-refractivity contribution in [2.24, 2.45) is 0 Å². The number of aliphatic hydroxyl groups excluding tert-OH is 1. The summed E-state index contributed by atoms with van der Waals surface area (Å²) in [4.78, 5) is 12.8. The molecule has 2 rings (SSSR count). The van der Waals surface area contributed by atoms with Crippen molar-refractivity contribution in [2.45, 2.75) is 32.0 Å². The van der Waals surface area contributed by atoms with Crippen molar-refractivity contribution in [1.29, 1.82) is 0 Å². The number of carbonyl (C=O) groups excluding carboxylic acids is 1. The van der Waals surface area contributed by atoms with E-state index >= 15 is 0 Å². The van der Waals surface area contributed by atoms with Gasteiger partial charge < -0.3 is 20.6 Å². The molecule has 5 nitrogen and oxygen atoms in total. The van der Waals surface area contributed by atoms with Crippen LogP contribution in [0, 0.1) is 0 Å². The van der Waals surface area contributed by atoms with Crippen molar-refractivity contribution in [3.8, 4) is 0 Å². The highest BCUT2D eigenvalue weighted by Crippen LogP contribution is 2.18. The van der Waals surface area contributed by atoms with Gasteiger partial charge in [-0.05, 0) is 37.1 Å². The third-order valence-electron chi connectivity index (χ3n) is 3.34. The van der Waals surface area contributed by atoms with Gasteiger partial charge in [0.1, 0.15) is 6.23 Å². The van der Waals surface area contributed by atoms with E-state index in [9.17, 15) is 9.90 Å². The maximum absolute atomic E-state index is 11.2. The van der Waals surface area contributed by atoms with Crippen LogP contribution in [0.2, 0.25) is 0 Å². The topological polar surface area (TPSA) is 74.5 Å². The molecule has 0 aromatic heterocycles. The number of aliphatic hydroxyl groups is 1. The third-order valence-corrected chi connectivity index (χ3v) is 3.34. The van der Waals surface area contributed by atoms with Gasteiger partial charge in [0, 0.05) is 37.9 Å². The molecular weight excluding hydrogens is 242 g/mol. The molecule has 19 heavy (non-hydrogen) atoms. The van der Waals surface area contributed by atoms with Gasteiger partial charge in [0.25, 0.3) is 0 Å². The van der Waals surface area contributed by atoms with E-state index in [1.807, 2.05) is 24.3 Å². The second-order valence-corrected chi connectivity index (χ2v) is 4.97. The molecule has 1 aromatic carbocycles. The minimum absolute atomic E-state index is 0.00215. The molecule has 1 aromatic rings. The lowest BCUT2D eigenvalue weighted by molar-refractivity contribution is -0.116. The predicted molar refractivity (Wildman–Crippen MR) is 76.2 cm³/mol. The molecule has 104 valence electrons. The Morgan fingerprint density at radius 1 is 1.53 bits per heavy atom. The Bertz CT molecular complexity index is 429. The molecule has 2 unspecified atom stereocenters. The molecule has 5 heteroatoms. The lowest BCUT2D eigenvalue weighted by Crippen LogP contribution is -2.23. The summed E-state index contributed by atoms with van der Waals surface area (Å²) < 4.78 is 0. The number of hydrogen-bond donors (Lipinski definition) is 3. The average molecular weight is 263 g/mol. The molecule has 0 spiro atoms. The maximum atomic E-state index is 11.2. The van der Waals surface area contributed by atoms with E-state index in [1.165, 1.54) is 6.92 Å². The van der Waals surface area contributed by atoms with E-state index in [4.69, 9.17) is 0 Å². The highest BCUT2D eigenvalue weighted by Gasteiger charge is 2.20. The van der Waals surface area contributed by atoms with E-state index in [0.29, 0.717) is 6.04 Å². The minimum Gasteiger partial charge on any atom is -0.374 e. The molecule has 3 N–H and O–H groups in total. The Labute approximate surface area is 113 Å². The molecule has 0 aliphatic carbocycles. The van der Waals surface area contributed by atoms with Crippen molar-refractivity contribution >= 4 is 17.3 Å². The van der Waals surface area contributed by atoms with Crippen LogP contribution in [0.1, 0.15) is 19.8 Å². The fourth-order valence-electron chi connectivity index (χ4n) is 1.87. The molecule has 1 amide bonds. The standard InChI is InChI=1S/C14H21N3O2/c1-10(18)17(2)13-6-3-11(4-7-13)16-14(19)8-5-12-9-15-12/h3-4,6-7,12,14-16,19H,5,8-9H2,1-2H3. The molecule has 1 aliphatic heterocycles. The third kappa shape index (κ3) is 4.22. The summed E-state index contributed by atoms with van der Waals surface area (Å²) in [6.07, 6.45) is 1.19. The zero-order valence-electron chi connectivity index (χ0n) is 11.4. The number of hydrogen-bond acceptors (Lipinski definition) is 4. The number of rotatable bonds is 6. The van der Waals surface area contributed by atoms with Crippen molar-refractivity contribution in [2.75, 3.05) is 23.8 Å². The van der Waals surface area contributed by atoms with Crippen LogP contribution < -0.4 is 15.5 Å². The van der Waals surface area contributed by atoms with Gasteiger partial charge in [-0.3, -0.25) is 4.79 Å². The summed E-state index contributed by atoms with van der Waals surface area (Å²) in [5.74, 6) is -0.00215. The monoisotopic (exact) mass is 263 g/mol. The highest BCUT2D eigenvalue weighted by atomic mass is 16.3. The smallest absolute Gasteiger partial charge is 0.223 e. The van der Waals surface area contributed by atoms with E-state index in [2.05, 4.69) is 10.6 Å². The first kappa shape index (κ1) is 13.8. The molecule has 0 bridgehead atoms. The summed E-state index contributed by atoms with van der Waals surface area (Å²) in [5, 5.41) is 16.1. The number of nitrogens with zero attached hydrogens (tertiary/aromatic N) is 1. The summed E-state index contributed by atoms with van der Waals surface area (Å²) in [5.41, 5.74) is 1.70. The normalized spacial score (nSPS) is 18.8. The number of amides is 1.